The lowest BCUT2D eigenvalue weighted by atomic mass is 9.78. The highest BCUT2D eigenvalue weighted by Crippen LogP contribution is 2.34. The number of piperidine rings is 1. The number of carbonyl (C=O) groups is 2. The molecular weight excluding hydrogens is 388 g/mol. The second-order valence-electron chi connectivity index (χ2n) is 7.12. The lowest BCUT2D eigenvalue weighted by Gasteiger charge is -2.46. The van der Waals surface area contributed by atoms with Crippen LogP contribution in [0.15, 0.2) is 60.1 Å². The van der Waals surface area contributed by atoms with Gasteiger partial charge in [-0.3, -0.25) is 14.7 Å². The summed E-state index contributed by atoms with van der Waals surface area (Å²) < 4.78 is 0. The summed E-state index contributed by atoms with van der Waals surface area (Å²) in [5, 5.41) is 22.6. The molecule has 1 aliphatic rings. The highest BCUT2D eigenvalue weighted by atomic mass is 32.1. The highest BCUT2D eigenvalue weighted by molar-refractivity contribution is 7.10. The third-order valence-corrected chi connectivity index (χ3v) is 6.24. The number of carbonyl (C=O) groups excluding carboxylic acids is 2. The number of hydrogen-bond acceptors (Lipinski definition) is 5. The molecule has 0 aliphatic carbocycles. The van der Waals surface area contributed by atoms with E-state index in [9.17, 15) is 14.7 Å². The number of likely N-dealkylation sites (tertiary alicyclic amines) is 1. The van der Waals surface area contributed by atoms with Crippen molar-refractivity contribution in [2.45, 2.75) is 24.5 Å². The predicted molar refractivity (Wildman–Crippen MR) is 109 cm³/mol. The Labute approximate surface area is 172 Å². The maximum Gasteiger partial charge on any atom is 0.270 e. The van der Waals surface area contributed by atoms with E-state index in [1.807, 2.05) is 47.8 Å². The predicted octanol–water partition coefficient (Wildman–Crippen LogP) is 1.93. The van der Waals surface area contributed by atoms with Gasteiger partial charge in [-0.2, -0.15) is 5.10 Å². The SMILES string of the molecule is O=C(N[C@]1(c2ccccc2)CCN(C(=O)Cc2cccs2)C[C@H]1O)c1ccn[nH]1. The average Bonchev–Trinajstić information content (AvgIpc) is 3.44. The molecule has 1 saturated heterocycles. The first-order valence-corrected chi connectivity index (χ1v) is 10.3. The van der Waals surface area contributed by atoms with Crippen LogP contribution in [0.2, 0.25) is 0 Å². The number of H-pyrrole nitrogens is 1. The zero-order valence-corrected chi connectivity index (χ0v) is 16.6. The molecule has 4 rings (SSSR count). The molecule has 3 N–H and O–H groups in total. The maximum absolute atomic E-state index is 12.8. The Morgan fingerprint density at radius 3 is 2.72 bits per heavy atom. The minimum absolute atomic E-state index is 0.0203. The maximum atomic E-state index is 12.8. The van der Waals surface area contributed by atoms with Crippen LogP contribution in [0.1, 0.15) is 27.3 Å². The number of rotatable bonds is 5. The Bertz CT molecular complexity index is 959. The minimum Gasteiger partial charge on any atom is -0.388 e. The zero-order valence-electron chi connectivity index (χ0n) is 15.7. The number of thiophene rings is 1. The van der Waals surface area contributed by atoms with E-state index in [4.69, 9.17) is 0 Å². The number of amides is 2. The van der Waals surface area contributed by atoms with Gasteiger partial charge in [-0.15, -0.1) is 11.3 Å². The van der Waals surface area contributed by atoms with Crippen LogP contribution in [-0.4, -0.2) is 51.2 Å². The standard InChI is InChI=1S/C21H22N4O3S/c26-18-14-25(19(27)13-16-7-4-12-29-16)11-9-21(18,15-5-2-1-3-6-15)23-20(28)17-8-10-22-24-17/h1-8,10,12,18,26H,9,11,13-14H2,(H,22,24)(H,23,28)/t18-,21+/m1/s1. The molecule has 150 valence electrons. The molecule has 0 saturated carbocycles. The average molecular weight is 410 g/mol. The van der Waals surface area contributed by atoms with Crippen LogP contribution in [0.3, 0.4) is 0 Å². The molecule has 0 radical (unpaired) electrons. The fraction of sp³-hybridized carbons (Fsp3) is 0.286. The zero-order chi connectivity index (χ0) is 20.3. The van der Waals surface area contributed by atoms with Crippen LogP contribution < -0.4 is 5.32 Å². The van der Waals surface area contributed by atoms with Gasteiger partial charge in [0.1, 0.15) is 5.69 Å². The van der Waals surface area contributed by atoms with Crippen molar-refractivity contribution in [2.24, 2.45) is 0 Å². The summed E-state index contributed by atoms with van der Waals surface area (Å²) in [6, 6.07) is 14.9. The summed E-state index contributed by atoms with van der Waals surface area (Å²) in [4.78, 5) is 28.1. The van der Waals surface area contributed by atoms with Gasteiger partial charge in [-0.05, 0) is 29.5 Å². The molecular formula is C21H22N4O3S. The van der Waals surface area contributed by atoms with E-state index in [1.54, 1.807) is 22.3 Å². The largest absolute Gasteiger partial charge is 0.388 e. The second-order valence-corrected chi connectivity index (χ2v) is 8.16. The molecule has 1 fully saturated rings. The van der Waals surface area contributed by atoms with Crippen molar-refractivity contribution in [3.8, 4) is 0 Å². The van der Waals surface area contributed by atoms with Crippen molar-refractivity contribution in [1.82, 2.24) is 20.4 Å². The van der Waals surface area contributed by atoms with Gasteiger partial charge in [0.15, 0.2) is 0 Å². The van der Waals surface area contributed by atoms with Crippen LogP contribution in [0, 0.1) is 0 Å². The van der Waals surface area contributed by atoms with E-state index in [-0.39, 0.29) is 18.4 Å². The number of aromatic amines is 1. The third-order valence-electron chi connectivity index (χ3n) is 5.37. The highest BCUT2D eigenvalue weighted by Gasteiger charge is 2.46. The third kappa shape index (κ3) is 3.94. The van der Waals surface area contributed by atoms with Gasteiger partial charge in [0.2, 0.25) is 5.91 Å². The van der Waals surface area contributed by atoms with Crippen LogP contribution in [0.25, 0.3) is 0 Å². The number of aliphatic hydroxyl groups is 1. The van der Waals surface area contributed by atoms with Gasteiger partial charge in [-0.1, -0.05) is 36.4 Å². The van der Waals surface area contributed by atoms with Gasteiger partial charge in [0.05, 0.1) is 18.1 Å². The van der Waals surface area contributed by atoms with E-state index in [0.717, 1.165) is 10.4 Å². The van der Waals surface area contributed by atoms with Gasteiger partial charge in [0, 0.05) is 24.2 Å². The van der Waals surface area contributed by atoms with E-state index >= 15 is 0 Å². The number of nitrogens with zero attached hydrogens (tertiary/aromatic N) is 2. The summed E-state index contributed by atoms with van der Waals surface area (Å²) in [5.74, 6) is -0.364. The summed E-state index contributed by atoms with van der Waals surface area (Å²) >= 11 is 1.54. The van der Waals surface area contributed by atoms with Crippen molar-refractivity contribution in [2.75, 3.05) is 13.1 Å². The van der Waals surface area contributed by atoms with E-state index in [1.165, 1.54) is 6.20 Å². The molecule has 0 bridgehead atoms. The van der Waals surface area contributed by atoms with E-state index in [0.29, 0.717) is 25.1 Å². The fourth-order valence-electron chi connectivity index (χ4n) is 3.78. The Balaban J connectivity index is 1.56. The number of β-amino-alcohol motifs (C(OH)–C–C–N with tert-alkyl or cyclic N) is 1. The Kier molecular flexibility index (Phi) is 5.46. The van der Waals surface area contributed by atoms with Gasteiger partial charge >= 0.3 is 0 Å². The van der Waals surface area contributed by atoms with Gasteiger partial charge < -0.3 is 15.3 Å². The summed E-state index contributed by atoms with van der Waals surface area (Å²) in [5.41, 5.74) is 0.151. The lowest BCUT2D eigenvalue weighted by Crippen LogP contribution is -2.62. The number of benzene rings is 1. The molecule has 1 aliphatic heterocycles. The Morgan fingerprint density at radius 2 is 2.07 bits per heavy atom. The van der Waals surface area contributed by atoms with Crippen molar-refractivity contribution in [3.05, 3.63) is 76.2 Å². The van der Waals surface area contributed by atoms with Gasteiger partial charge in [-0.25, -0.2) is 0 Å². The second kappa shape index (κ2) is 8.18. The number of aromatic nitrogens is 2. The van der Waals surface area contributed by atoms with Crippen molar-refractivity contribution >= 4 is 23.2 Å². The summed E-state index contributed by atoms with van der Waals surface area (Å²) in [6.07, 6.45) is 1.29. The molecule has 2 aromatic heterocycles. The van der Waals surface area contributed by atoms with Crippen LogP contribution >= 0.6 is 11.3 Å². The molecule has 3 aromatic rings. The summed E-state index contributed by atoms with van der Waals surface area (Å²) in [7, 11) is 0. The number of hydrogen-bond donors (Lipinski definition) is 3. The number of aliphatic hydroxyl groups excluding tert-OH is 1. The topological polar surface area (TPSA) is 98.3 Å². The van der Waals surface area contributed by atoms with Crippen molar-refractivity contribution in [1.29, 1.82) is 0 Å². The number of nitrogens with one attached hydrogen (secondary N) is 2. The molecule has 2 atom stereocenters. The molecule has 2 amide bonds. The van der Waals surface area contributed by atoms with E-state index < -0.39 is 11.6 Å². The van der Waals surface area contributed by atoms with Crippen LogP contribution in [0.5, 0.6) is 0 Å². The minimum atomic E-state index is -0.983. The normalized spacial score (nSPS) is 21.7. The first-order valence-electron chi connectivity index (χ1n) is 9.44. The lowest BCUT2D eigenvalue weighted by molar-refractivity contribution is -0.136. The van der Waals surface area contributed by atoms with Crippen molar-refractivity contribution in [3.63, 3.8) is 0 Å². The summed E-state index contributed by atoms with van der Waals surface area (Å²) in [6.45, 7) is 0.599. The molecule has 0 spiro atoms. The molecule has 0 unspecified atom stereocenters. The Morgan fingerprint density at radius 1 is 1.24 bits per heavy atom. The molecule has 29 heavy (non-hydrogen) atoms. The van der Waals surface area contributed by atoms with Gasteiger partial charge in [0.25, 0.3) is 5.91 Å². The van der Waals surface area contributed by atoms with Crippen LogP contribution in [-0.2, 0) is 16.8 Å². The molecule has 7 nitrogen and oxygen atoms in total. The van der Waals surface area contributed by atoms with Crippen molar-refractivity contribution < 1.29 is 14.7 Å². The first-order chi connectivity index (χ1) is 14.1. The smallest absolute Gasteiger partial charge is 0.270 e. The first kappa shape index (κ1) is 19.4. The van der Waals surface area contributed by atoms with E-state index in [2.05, 4.69) is 15.5 Å². The van der Waals surface area contributed by atoms with Crippen LogP contribution in [0.4, 0.5) is 0 Å². The monoisotopic (exact) mass is 410 g/mol. The Hall–Kier alpha value is -2.97. The molecule has 1 aromatic carbocycles. The molecule has 3 heterocycles. The fourth-order valence-corrected chi connectivity index (χ4v) is 4.47. The quantitative estimate of drug-likeness (QED) is 0.599. The molecule has 8 heteroatoms.